The molecule has 0 bridgehead atoms. The molecule has 0 aromatic carbocycles. The van der Waals surface area contributed by atoms with Crippen LogP contribution in [0.1, 0.15) is 395 Å². The van der Waals surface area contributed by atoms with Crippen LogP contribution in [0.3, 0.4) is 0 Å². The first-order chi connectivity index (χ1) is 56.0. The lowest BCUT2D eigenvalue weighted by molar-refractivity contribution is -0.205. The van der Waals surface area contributed by atoms with Crippen molar-refractivity contribution in [3.8, 4) is 0 Å². The van der Waals surface area contributed by atoms with Crippen molar-refractivity contribution in [1.82, 2.24) is 21.3 Å². The average molecular weight is 1770 g/mol. The van der Waals surface area contributed by atoms with Crippen LogP contribution in [0.2, 0.25) is 0 Å². The molecule has 1 aliphatic heterocycles. The van der Waals surface area contributed by atoms with E-state index >= 15 is 0 Å². The predicted octanol–water partition coefficient (Wildman–Crippen LogP) is 22.9. The fourth-order valence-corrected chi connectivity index (χ4v) is 16.5. The van der Waals surface area contributed by atoms with E-state index in [1.54, 1.807) is 0 Å². The van der Waals surface area contributed by atoms with Crippen LogP contribution in [0.4, 0.5) is 0 Å². The highest BCUT2D eigenvalue weighted by Gasteiger charge is 2.45. The first kappa shape index (κ1) is 125. The van der Waals surface area contributed by atoms with Gasteiger partial charge in [-0.2, -0.15) is 0 Å². The molecule has 10 unspecified atom stereocenters. The third-order valence-electron chi connectivity index (χ3n) is 29.9. The van der Waals surface area contributed by atoms with E-state index in [2.05, 4.69) is 263 Å². The molecule has 4 amide bonds. The molecule has 0 aromatic rings. The van der Waals surface area contributed by atoms with E-state index < -0.39 is 5.97 Å². The maximum absolute atomic E-state index is 12.3. The fraction of sp³-hybridized carbons (Fsp3) is 0.910. The Morgan fingerprint density at radius 3 is 0.902 bits per heavy atom. The van der Waals surface area contributed by atoms with E-state index in [4.69, 9.17) is 33.3 Å². The summed E-state index contributed by atoms with van der Waals surface area (Å²) in [7, 11) is 3.88. The van der Waals surface area contributed by atoms with Gasteiger partial charge in [0.15, 0.2) is 0 Å². The van der Waals surface area contributed by atoms with Crippen molar-refractivity contribution in [3.63, 3.8) is 0 Å². The second kappa shape index (κ2) is 63.5. The third kappa shape index (κ3) is 54.1. The molecule has 0 spiro atoms. The lowest BCUT2D eigenvalue weighted by Crippen LogP contribution is -2.42. The third-order valence-corrected chi connectivity index (χ3v) is 30.4. The minimum absolute atomic E-state index is 0.0797. The summed E-state index contributed by atoms with van der Waals surface area (Å²) >= 11 is 0. The van der Waals surface area contributed by atoms with E-state index in [-0.39, 0.29) is 85.3 Å². The Morgan fingerprint density at radius 1 is 0.418 bits per heavy atom. The summed E-state index contributed by atoms with van der Waals surface area (Å²) in [6, 6.07) is 0. The maximum atomic E-state index is 12.3. The van der Waals surface area contributed by atoms with Crippen LogP contribution in [0.15, 0.2) is 12.3 Å². The Morgan fingerprint density at radius 2 is 0.664 bits per heavy atom. The Kier molecular flexibility index (Phi) is 64.9. The number of carboxylic acids is 1. The summed E-state index contributed by atoms with van der Waals surface area (Å²) in [5, 5.41) is 29.4. The summed E-state index contributed by atoms with van der Waals surface area (Å²) in [5.74, 6) is 8.21. The molecule has 14 N–H and O–H groups in total. The molecule has 22 heteroatoms. The van der Waals surface area contributed by atoms with E-state index in [1.807, 2.05) is 18.9 Å². The number of hydrogen-bond acceptors (Lipinski definition) is 15. The number of rotatable bonds is 49. The maximum Gasteiger partial charge on any atom is 0.307 e. The van der Waals surface area contributed by atoms with Crippen molar-refractivity contribution >= 4 is 60.5 Å². The smallest absolute Gasteiger partial charge is 0.307 e. The van der Waals surface area contributed by atoms with Crippen LogP contribution in [-0.2, 0) is 47.5 Å². The molecule has 0 aromatic heterocycles. The summed E-state index contributed by atoms with van der Waals surface area (Å²) in [6.07, 6.45) is 21.3. The second-order valence-electron chi connectivity index (χ2n) is 44.8. The Bertz CT molecular complexity index is 2740. The van der Waals surface area contributed by atoms with Crippen LogP contribution in [0.25, 0.3) is 0 Å². The molecular weight excluding hydrogens is 1570 g/mol. The average Bonchev–Trinajstić information content (AvgIpc) is 0.843. The zero-order valence-corrected chi connectivity index (χ0v) is 87.4. The van der Waals surface area contributed by atoms with Gasteiger partial charge in [-0.05, 0) is 267 Å². The molecule has 1 fully saturated rings. The van der Waals surface area contributed by atoms with Crippen LogP contribution in [0.5, 0.6) is 0 Å². The first-order valence-corrected chi connectivity index (χ1v) is 48.9. The SMILES string of the molecule is C=C(CCCCC(=O)OP)OO.CC(C)C(CN)CC(C)(C)C(C)(C)CC(CN)C(C)C.CC(C)C(CN)CC(C)(C)C(C)(C)CC(CNC(=O)CCCCCC(=O)O)C(C)C.CC(C)C(CN)CC(C)(C)C(C)(C)CC(CNC(=O)CCCCCC(=O)OP)C(C)C.CC(C)C1CNC(=O)CCCCCC(=O)NCC(C(C)C)CC(C)(C)C(C)(C)C1. The van der Waals surface area contributed by atoms with Gasteiger partial charge in [-0.25, -0.2) is 5.26 Å². The molecule has 0 aliphatic carbocycles. The Balaban J connectivity index is -0.000000733. The van der Waals surface area contributed by atoms with Crippen molar-refractivity contribution in [2.24, 2.45) is 161 Å². The fourth-order valence-electron chi connectivity index (χ4n) is 16.3. The number of carbonyl (C=O) groups is 7. The number of unbranched alkanes of at least 4 members (excludes halogenated alkanes) is 5. The molecule has 0 radical (unpaired) electrons. The number of nitrogens with two attached hydrogens (primary N) is 4. The van der Waals surface area contributed by atoms with E-state index in [9.17, 15) is 33.6 Å². The minimum Gasteiger partial charge on any atom is -0.481 e. The summed E-state index contributed by atoms with van der Waals surface area (Å²) in [5.41, 5.74) is 25.5. The van der Waals surface area contributed by atoms with Gasteiger partial charge in [0.1, 0.15) is 5.76 Å². The molecule has 724 valence electrons. The number of amides is 4. The largest absolute Gasteiger partial charge is 0.481 e. The van der Waals surface area contributed by atoms with E-state index in [0.29, 0.717) is 165 Å². The number of aliphatic carboxylic acids is 1. The predicted molar refractivity (Wildman–Crippen MR) is 522 cm³/mol. The first-order valence-electron chi connectivity index (χ1n) is 47.9. The molecule has 122 heavy (non-hydrogen) atoms. The lowest BCUT2D eigenvalue weighted by Gasteiger charge is -2.47. The summed E-state index contributed by atoms with van der Waals surface area (Å²) < 4.78 is 8.92. The van der Waals surface area contributed by atoms with Crippen molar-refractivity contribution in [1.29, 1.82) is 0 Å². The molecular formula is C100H202N8O12P2. The Labute approximate surface area is 756 Å². The highest BCUT2D eigenvalue weighted by Crippen LogP contribution is 2.53. The molecule has 20 nitrogen and oxygen atoms in total. The van der Waals surface area contributed by atoms with Gasteiger partial charge in [0.2, 0.25) is 23.6 Å². The highest BCUT2D eigenvalue weighted by molar-refractivity contribution is 7.11. The Hall–Kier alpha value is -3.51. The topological polar surface area (TPSA) is 340 Å². The summed E-state index contributed by atoms with van der Waals surface area (Å²) in [6.45, 7) is 83.8. The van der Waals surface area contributed by atoms with Gasteiger partial charge in [-0.1, -0.05) is 247 Å². The van der Waals surface area contributed by atoms with Gasteiger partial charge in [0, 0.05) is 77.5 Å². The number of carbonyl (C=O) groups excluding carboxylic acids is 6. The highest BCUT2D eigenvalue weighted by atomic mass is 31.0. The normalized spacial score (nSPS) is 17.6. The zero-order chi connectivity index (χ0) is 95.6. The van der Waals surface area contributed by atoms with Gasteiger partial charge in [-0.3, -0.25) is 33.6 Å². The van der Waals surface area contributed by atoms with Gasteiger partial charge in [0.25, 0.3) is 0 Å². The molecule has 1 heterocycles. The van der Waals surface area contributed by atoms with E-state index in [1.165, 1.54) is 12.8 Å². The van der Waals surface area contributed by atoms with Crippen molar-refractivity contribution in [2.45, 2.75) is 395 Å². The molecule has 1 rings (SSSR count). The minimum atomic E-state index is -0.768. The van der Waals surface area contributed by atoms with Crippen LogP contribution in [0, 0.1) is 138 Å². The van der Waals surface area contributed by atoms with Gasteiger partial charge < -0.3 is 63.2 Å². The number of hydrogen-bond donors (Lipinski definition) is 10. The molecule has 0 saturated carbocycles. The van der Waals surface area contributed by atoms with Crippen LogP contribution < -0.4 is 44.2 Å². The van der Waals surface area contributed by atoms with E-state index in [0.717, 1.165) is 142 Å². The van der Waals surface area contributed by atoms with Gasteiger partial charge in [-0.15, -0.1) is 0 Å². The van der Waals surface area contributed by atoms with Gasteiger partial charge in [0.05, 0.1) is 18.9 Å². The van der Waals surface area contributed by atoms with Crippen molar-refractivity contribution < 1.29 is 57.9 Å². The standard InChI is InChI=1S/C25H51N2O3P.C25H50N2O3.C25H48N2O2.C18H40N2.C7H13O4P/c1-18(2)20(16-26)14-24(5,6)25(7,8)15-21(19(3)4)17-27-22(28)12-10-9-11-13-23(29)30-31;1-18(2)20(16-26)14-24(5,6)25(7,8)15-21(19(3)4)17-27-22(28)12-10-9-11-13-23(29)30;1-18(2)20-14-24(5,6)25(7,8)15-21(19(3)4)17-27-23(29)13-11-9-10-12-22(28)26-16-20;1-13(2)15(11-19)9-17(5,6)18(7,8)10-16(12-20)14(3)4;1-6(10-9)4-2-3-5-7(8)11-12/h18-21H,9-17,26,31H2,1-8H3,(H,27,28);18-21H,9-17,26H2,1-8H3,(H,27,28)(H,29,30);18-21H,9-17H2,1-8H3,(H,26,28)(H,27,29);13-16H,9-12,19-20H2,1-8H3;9H,1-5,12H2. The van der Waals surface area contributed by atoms with Crippen molar-refractivity contribution in [2.75, 3.05) is 52.4 Å². The number of nitrogens with one attached hydrogen (secondary N) is 4. The number of allylic oxidation sites excluding steroid dienone is 1. The monoisotopic (exact) mass is 1770 g/mol. The zero-order valence-electron chi connectivity index (χ0n) is 85.1. The van der Waals surface area contributed by atoms with Gasteiger partial charge >= 0.3 is 17.9 Å². The summed E-state index contributed by atoms with van der Waals surface area (Å²) in [4.78, 5) is 85.2. The number of carboxylic acid groups (broad SMARTS) is 1. The quantitative estimate of drug-likeness (QED) is 0.00889. The second-order valence-corrected chi connectivity index (χ2v) is 45.3. The molecule has 1 aliphatic rings. The molecule has 10 atom stereocenters. The van der Waals surface area contributed by atoms with Crippen LogP contribution >= 0.6 is 18.9 Å². The lowest BCUT2D eigenvalue weighted by atomic mass is 9.59. The van der Waals surface area contributed by atoms with Crippen molar-refractivity contribution in [3.05, 3.63) is 12.3 Å². The molecule has 1 saturated heterocycles. The van der Waals surface area contributed by atoms with Crippen LogP contribution in [-0.4, -0.2) is 104 Å².